The lowest BCUT2D eigenvalue weighted by Gasteiger charge is -2.35. The Morgan fingerprint density at radius 3 is 2.29 bits per heavy atom. The fourth-order valence-electron chi connectivity index (χ4n) is 2.22. The van der Waals surface area contributed by atoms with E-state index in [0.717, 1.165) is 12.1 Å². The van der Waals surface area contributed by atoms with Crippen LogP contribution in [0.25, 0.3) is 0 Å². The average molecular weight is 379 g/mol. The van der Waals surface area contributed by atoms with Crippen molar-refractivity contribution in [1.82, 2.24) is 9.21 Å². The van der Waals surface area contributed by atoms with E-state index in [9.17, 15) is 17.6 Å². The van der Waals surface area contributed by atoms with E-state index in [0.29, 0.717) is 0 Å². The smallest absolute Gasteiger partial charge is 0.410 e. The molecule has 24 heavy (non-hydrogen) atoms. The first-order valence-electron chi connectivity index (χ1n) is 7.44. The molecule has 1 aromatic carbocycles. The van der Waals surface area contributed by atoms with E-state index in [1.54, 1.807) is 20.8 Å². The zero-order valence-electron chi connectivity index (χ0n) is 13.8. The maximum Gasteiger partial charge on any atom is 0.410 e. The van der Waals surface area contributed by atoms with Gasteiger partial charge in [0, 0.05) is 26.2 Å². The van der Waals surface area contributed by atoms with Gasteiger partial charge in [-0.2, -0.15) is 4.31 Å². The first-order chi connectivity index (χ1) is 11.0. The third-order valence-corrected chi connectivity index (χ3v) is 5.60. The number of amides is 1. The Balaban J connectivity index is 2.05. The summed E-state index contributed by atoms with van der Waals surface area (Å²) in [7, 11) is -3.78. The Kier molecular flexibility index (Phi) is 5.41. The Labute approximate surface area is 146 Å². The van der Waals surface area contributed by atoms with Crippen LogP contribution < -0.4 is 0 Å². The zero-order valence-corrected chi connectivity index (χ0v) is 15.3. The van der Waals surface area contributed by atoms with E-state index in [1.807, 2.05) is 0 Å². The summed E-state index contributed by atoms with van der Waals surface area (Å²) in [5.74, 6) is -0.676. The Morgan fingerprint density at radius 2 is 1.79 bits per heavy atom. The third-order valence-electron chi connectivity index (χ3n) is 3.42. The molecule has 1 aromatic rings. The van der Waals surface area contributed by atoms with E-state index in [4.69, 9.17) is 16.3 Å². The molecule has 0 aliphatic carbocycles. The predicted molar refractivity (Wildman–Crippen MR) is 88.0 cm³/mol. The van der Waals surface area contributed by atoms with Crippen molar-refractivity contribution in [3.8, 4) is 0 Å². The SMILES string of the molecule is CC(C)(C)OC(=O)N1CCN(S(=O)(=O)c2ccc(F)c(Cl)c2)CC1. The lowest BCUT2D eigenvalue weighted by atomic mass is 10.2. The van der Waals surface area contributed by atoms with Crippen LogP contribution in [0.3, 0.4) is 0 Å². The Morgan fingerprint density at radius 1 is 1.21 bits per heavy atom. The number of benzene rings is 1. The van der Waals surface area contributed by atoms with Crippen LogP contribution >= 0.6 is 11.6 Å². The van der Waals surface area contributed by atoms with Gasteiger partial charge in [0.1, 0.15) is 11.4 Å². The van der Waals surface area contributed by atoms with Crippen LogP contribution in [0, 0.1) is 5.82 Å². The second kappa shape index (κ2) is 6.85. The van der Waals surface area contributed by atoms with Gasteiger partial charge >= 0.3 is 6.09 Å². The van der Waals surface area contributed by atoms with E-state index in [-0.39, 0.29) is 36.1 Å². The van der Waals surface area contributed by atoms with Crippen molar-refractivity contribution in [1.29, 1.82) is 0 Å². The normalized spacial score (nSPS) is 17.0. The molecule has 0 N–H and O–H groups in total. The minimum absolute atomic E-state index is 0.0698. The van der Waals surface area contributed by atoms with Crippen LogP contribution in [0.15, 0.2) is 23.1 Å². The van der Waals surface area contributed by atoms with E-state index in [1.165, 1.54) is 15.3 Å². The fourth-order valence-corrected chi connectivity index (χ4v) is 3.92. The molecule has 9 heteroatoms. The van der Waals surface area contributed by atoms with Crippen molar-refractivity contribution in [2.75, 3.05) is 26.2 Å². The maximum absolute atomic E-state index is 13.2. The zero-order chi connectivity index (χ0) is 18.1. The summed E-state index contributed by atoms with van der Waals surface area (Å²) >= 11 is 5.66. The highest BCUT2D eigenvalue weighted by Crippen LogP contribution is 2.23. The average Bonchev–Trinajstić information content (AvgIpc) is 2.48. The molecule has 1 aliphatic heterocycles. The second-order valence-electron chi connectivity index (χ2n) is 6.45. The first-order valence-corrected chi connectivity index (χ1v) is 9.25. The molecule has 0 unspecified atom stereocenters. The molecule has 6 nitrogen and oxygen atoms in total. The van der Waals surface area contributed by atoms with Crippen molar-refractivity contribution >= 4 is 27.7 Å². The fraction of sp³-hybridized carbons (Fsp3) is 0.533. The maximum atomic E-state index is 13.2. The minimum Gasteiger partial charge on any atom is -0.444 e. The largest absolute Gasteiger partial charge is 0.444 e. The van der Waals surface area contributed by atoms with Gasteiger partial charge in [-0.3, -0.25) is 0 Å². The van der Waals surface area contributed by atoms with Gasteiger partial charge in [0.15, 0.2) is 0 Å². The molecule has 0 aromatic heterocycles. The van der Waals surface area contributed by atoms with E-state index in [2.05, 4.69) is 0 Å². The Bertz CT molecular complexity index is 725. The molecule has 2 rings (SSSR count). The summed E-state index contributed by atoms with van der Waals surface area (Å²) in [5, 5.41) is -0.247. The Hall–Kier alpha value is -1.38. The summed E-state index contributed by atoms with van der Waals surface area (Å²) in [4.78, 5) is 13.4. The summed E-state index contributed by atoms with van der Waals surface area (Å²) in [5.41, 5.74) is -0.606. The molecule has 0 saturated carbocycles. The summed E-state index contributed by atoms with van der Waals surface area (Å²) in [6, 6.07) is 3.29. The van der Waals surface area contributed by atoms with Crippen molar-refractivity contribution < 1.29 is 22.3 Å². The number of ether oxygens (including phenoxy) is 1. The molecule has 0 atom stereocenters. The van der Waals surface area contributed by atoms with Crippen LogP contribution in [0.5, 0.6) is 0 Å². The quantitative estimate of drug-likeness (QED) is 0.793. The number of halogens is 2. The third kappa shape index (κ3) is 4.37. The van der Waals surface area contributed by atoms with Crippen LogP contribution in [-0.2, 0) is 14.8 Å². The number of sulfonamides is 1. The van der Waals surface area contributed by atoms with Crippen LogP contribution in [-0.4, -0.2) is 55.5 Å². The molecule has 0 spiro atoms. The summed E-state index contributed by atoms with van der Waals surface area (Å²) < 4.78 is 44.9. The molecule has 1 aliphatic rings. The molecule has 0 radical (unpaired) electrons. The van der Waals surface area contributed by atoms with Crippen LogP contribution in [0.1, 0.15) is 20.8 Å². The molecule has 1 fully saturated rings. The molecule has 1 amide bonds. The van der Waals surface area contributed by atoms with Gasteiger partial charge in [-0.15, -0.1) is 0 Å². The highest BCUT2D eigenvalue weighted by molar-refractivity contribution is 7.89. The van der Waals surface area contributed by atoms with Gasteiger partial charge in [0.2, 0.25) is 10.0 Å². The molecule has 1 saturated heterocycles. The van der Waals surface area contributed by atoms with Gasteiger partial charge < -0.3 is 9.64 Å². The summed E-state index contributed by atoms with van der Waals surface area (Å²) in [6.45, 7) is 6.02. The highest BCUT2D eigenvalue weighted by Gasteiger charge is 2.32. The van der Waals surface area contributed by atoms with Crippen LogP contribution in [0.4, 0.5) is 9.18 Å². The van der Waals surface area contributed by atoms with Gasteiger partial charge in [0.25, 0.3) is 0 Å². The number of nitrogens with zero attached hydrogens (tertiary/aromatic N) is 2. The van der Waals surface area contributed by atoms with Crippen LogP contribution in [0.2, 0.25) is 5.02 Å². The predicted octanol–water partition coefficient (Wildman–Crippen LogP) is 2.72. The summed E-state index contributed by atoms with van der Waals surface area (Å²) in [6.07, 6.45) is -0.468. The molecule has 0 bridgehead atoms. The number of carbonyl (C=O) groups is 1. The number of hydrogen-bond donors (Lipinski definition) is 0. The van der Waals surface area contributed by atoms with Crippen molar-refractivity contribution in [2.24, 2.45) is 0 Å². The number of carbonyl (C=O) groups excluding carboxylic acids is 1. The van der Waals surface area contributed by atoms with Gasteiger partial charge in [-0.05, 0) is 39.0 Å². The lowest BCUT2D eigenvalue weighted by molar-refractivity contribution is 0.0192. The van der Waals surface area contributed by atoms with Gasteiger partial charge in [0.05, 0.1) is 9.92 Å². The van der Waals surface area contributed by atoms with Gasteiger partial charge in [-0.25, -0.2) is 17.6 Å². The molecule has 1 heterocycles. The second-order valence-corrected chi connectivity index (χ2v) is 8.79. The van der Waals surface area contributed by atoms with Crippen molar-refractivity contribution in [2.45, 2.75) is 31.3 Å². The molecule has 134 valence electrons. The molecular formula is C15H20ClFN2O4S. The van der Waals surface area contributed by atoms with Gasteiger partial charge in [-0.1, -0.05) is 11.6 Å². The number of piperazine rings is 1. The number of hydrogen-bond acceptors (Lipinski definition) is 4. The lowest BCUT2D eigenvalue weighted by Crippen LogP contribution is -2.51. The molecular weight excluding hydrogens is 359 g/mol. The standard InChI is InChI=1S/C15H20ClFN2O4S/c1-15(2,3)23-14(20)18-6-8-19(9-7-18)24(21,22)11-4-5-13(17)12(16)10-11/h4-5,10H,6-9H2,1-3H3. The first kappa shape index (κ1) is 19.0. The van der Waals surface area contributed by atoms with Crippen molar-refractivity contribution in [3.05, 3.63) is 29.0 Å². The monoisotopic (exact) mass is 378 g/mol. The van der Waals surface area contributed by atoms with E-state index >= 15 is 0 Å². The van der Waals surface area contributed by atoms with Crippen molar-refractivity contribution in [3.63, 3.8) is 0 Å². The van der Waals surface area contributed by atoms with E-state index < -0.39 is 27.5 Å². The highest BCUT2D eigenvalue weighted by atomic mass is 35.5. The topological polar surface area (TPSA) is 66.9 Å². The number of rotatable bonds is 2. The minimum atomic E-state index is -3.78.